The summed E-state index contributed by atoms with van der Waals surface area (Å²) in [7, 11) is 2.81. The van der Waals surface area contributed by atoms with Crippen LogP contribution in [-0.4, -0.2) is 35.5 Å². The van der Waals surface area contributed by atoms with E-state index in [-0.39, 0.29) is 0 Å². The first-order valence-corrected chi connectivity index (χ1v) is 6.28. The van der Waals surface area contributed by atoms with Gasteiger partial charge >= 0.3 is 0 Å². The second-order valence-corrected chi connectivity index (χ2v) is 5.49. The van der Waals surface area contributed by atoms with Crippen LogP contribution >= 0.6 is 11.6 Å². The topological polar surface area (TPSA) is 46.3 Å². The third kappa shape index (κ3) is 3.81. The van der Waals surface area contributed by atoms with Crippen molar-refractivity contribution in [3.05, 3.63) is 23.2 Å². The van der Waals surface area contributed by atoms with Gasteiger partial charge in [-0.05, 0) is 32.3 Å². The Morgan fingerprint density at radius 3 is 2.73 bits per heavy atom. The average Bonchev–Trinajstić information content (AvgIpc) is 2.18. The number of nitrogen functional groups attached to an aromatic ring is 1. The summed E-state index contributed by atoms with van der Waals surface area (Å²) >= 11 is 5.94. The van der Waals surface area contributed by atoms with Gasteiger partial charge in [0.2, 0.25) is 0 Å². The minimum Gasteiger partial charge on any atom is -0.399 e. The second kappa shape index (κ2) is 5.49. The third-order valence-corrected chi connectivity index (χ3v) is 3.75. The van der Waals surface area contributed by atoms with Crippen molar-refractivity contribution in [1.82, 2.24) is 4.90 Å². The number of nitrogens with two attached hydrogens (primary N) is 1. The van der Waals surface area contributed by atoms with E-state index >= 15 is 0 Å². The Morgan fingerprint density at radius 1 is 1.47 bits per heavy atom. The normalized spacial score (nSPS) is 13.1. The smallest absolute Gasteiger partial charge is 0.0595 e. The summed E-state index contributed by atoms with van der Waals surface area (Å²) in [5.41, 5.74) is 6.21. The monoisotopic (exact) mass is 246 g/mol. The van der Waals surface area contributed by atoms with Crippen LogP contribution in [0.2, 0.25) is 5.02 Å². The van der Waals surface area contributed by atoms with Gasteiger partial charge in [0, 0.05) is 18.0 Å². The summed E-state index contributed by atoms with van der Waals surface area (Å²) < 4.78 is 11.9. The van der Waals surface area contributed by atoms with Gasteiger partial charge in [-0.3, -0.25) is 4.21 Å². The molecule has 0 spiro atoms. The molecule has 15 heavy (non-hydrogen) atoms. The van der Waals surface area contributed by atoms with Crippen LogP contribution in [0.3, 0.4) is 0 Å². The van der Waals surface area contributed by atoms with E-state index in [1.807, 2.05) is 19.0 Å². The SMILES string of the molecule is CN(C)CCS(=O)c1cc(N)ccc1Cl. The Morgan fingerprint density at radius 2 is 2.13 bits per heavy atom. The van der Waals surface area contributed by atoms with E-state index in [0.29, 0.717) is 21.4 Å². The number of halogens is 1. The maximum atomic E-state index is 11.9. The molecule has 5 heteroatoms. The van der Waals surface area contributed by atoms with Gasteiger partial charge in [0.25, 0.3) is 0 Å². The predicted octanol–water partition coefficient (Wildman–Crippen LogP) is 1.59. The van der Waals surface area contributed by atoms with E-state index in [4.69, 9.17) is 17.3 Å². The zero-order valence-corrected chi connectivity index (χ0v) is 10.4. The first-order chi connectivity index (χ1) is 7.00. The molecule has 0 saturated heterocycles. The lowest BCUT2D eigenvalue weighted by molar-refractivity contribution is 0.435. The molecular formula is C10H15ClN2OS. The lowest BCUT2D eigenvalue weighted by atomic mass is 10.3. The van der Waals surface area contributed by atoms with Crippen molar-refractivity contribution < 1.29 is 4.21 Å². The lowest BCUT2D eigenvalue weighted by Crippen LogP contribution is -2.19. The zero-order chi connectivity index (χ0) is 11.4. The fraction of sp³-hybridized carbons (Fsp3) is 0.400. The van der Waals surface area contributed by atoms with Gasteiger partial charge < -0.3 is 10.6 Å². The fourth-order valence-electron chi connectivity index (χ4n) is 1.07. The number of hydrogen-bond donors (Lipinski definition) is 1. The van der Waals surface area contributed by atoms with Gasteiger partial charge in [-0.2, -0.15) is 0 Å². The Labute approximate surface area is 97.7 Å². The van der Waals surface area contributed by atoms with E-state index in [2.05, 4.69) is 0 Å². The number of benzene rings is 1. The van der Waals surface area contributed by atoms with Crippen molar-refractivity contribution in [2.75, 3.05) is 32.1 Å². The Hall–Kier alpha value is -0.580. The van der Waals surface area contributed by atoms with Crippen molar-refractivity contribution in [3.8, 4) is 0 Å². The number of rotatable bonds is 4. The molecule has 3 nitrogen and oxygen atoms in total. The molecule has 0 heterocycles. The van der Waals surface area contributed by atoms with Gasteiger partial charge in [0.1, 0.15) is 0 Å². The van der Waals surface area contributed by atoms with Gasteiger partial charge in [0.05, 0.1) is 20.7 Å². The second-order valence-electron chi connectivity index (χ2n) is 3.54. The van der Waals surface area contributed by atoms with Crippen LogP contribution in [-0.2, 0) is 10.8 Å². The molecule has 0 amide bonds. The first kappa shape index (κ1) is 12.5. The minimum absolute atomic E-state index is 0.515. The average molecular weight is 247 g/mol. The van der Waals surface area contributed by atoms with Crippen molar-refractivity contribution in [2.24, 2.45) is 0 Å². The summed E-state index contributed by atoms with van der Waals surface area (Å²) in [5, 5.41) is 0.515. The molecule has 0 fully saturated rings. The molecule has 1 rings (SSSR count). The van der Waals surface area contributed by atoms with E-state index in [1.54, 1.807) is 18.2 Å². The van der Waals surface area contributed by atoms with Gasteiger partial charge in [-0.15, -0.1) is 0 Å². The third-order valence-electron chi connectivity index (χ3n) is 1.92. The van der Waals surface area contributed by atoms with Gasteiger partial charge in [-0.1, -0.05) is 11.6 Å². The van der Waals surface area contributed by atoms with Crippen LogP contribution in [0.1, 0.15) is 0 Å². The van der Waals surface area contributed by atoms with E-state index in [0.717, 1.165) is 6.54 Å². The quantitative estimate of drug-likeness (QED) is 0.821. The number of anilines is 1. The summed E-state index contributed by atoms with van der Waals surface area (Å²) in [6.07, 6.45) is 0. The van der Waals surface area contributed by atoms with Crippen LogP contribution < -0.4 is 5.73 Å². The van der Waals surface area contributed by atoms with Crippen molar-refractivity contribution in [1.29, 1.82) is 0 Å². The Kier molecular flexibility index (Phi) is 4.57. The van der Waals surface area contributed by atoms with Crippen molar-refractivity contribution >= 4 is 28.1 Å². The molecule has 0 aliphatic heterocycles. The van der Waals surface area contributed by atoms with Crippen LogP contribution in [0.25, 0.3) is 0 Å². The van der Waals surface area contributed by atoms with E-state index in [1.165, 1.54) is 0 Å². The van der Waals surface area contributed by atoms with Crippen LogP contribution in [0.15, 0.2) is 23.1 Å². The predicted molar refractivity (Wildman–Crippen MR) is 65.7 cm³/mol. The zero-order valence-electron chi connectivity index (χ0n) is 8.87. The molecule has 1 aromatic carbocycles. The molecule has 0 saturated carbocycles. The van der Waals surface area contributed by atoms with Gasteiger partial charge in [-0.25, -0.2) is 0 Å². The highest BCUT2D eigenvalue weighted by Gasteiger charge is 2.09. The van der Waals surface area contributed by atoms with Gasteiger partial charge in [0.15, 0.2) is 0 Å². The van der Waals surface area contributed by atoms with Crippen molar-refractivity contribution in [3.63, 3.8) is 0 Å². The molecular weight excluding hydrogens is 232 g/mol. The van der Waals surface area contributed by atoms with E-state index in [9.17, 15) is 4.21 Å². The molecule has 1 aromatic rings. The Balaban J connectivity index is 2.77. The molecule has 0 bridgehead atoms. The molecule has 0 aromatic heterocycles. The number of nitrogens with zero attached hydrogens (tertiary/aromatic N) is 1. The lowest BCUT2D eigenvalue weighted by Gasteiger charge is -2.10. The maximum absolute atomic E-state index is 11.9. The summed E-state index contributed by atoms with van der Waals surface area (Å²) in [4.78, 5) is 2.61. The van der Waals surface area contributed by atoms with Crippen LogP contribution in [0.4, 0.5) is 5.69 Å². The molecule has 1 unspecified atom stereocenters. The number of hydrogen-bond acceptors (Lipinski definition) is 3. The summed E-state index contributed by atoms with van der Waals surface area (Å²) in [6, 6.07) is 5.06. The molecule has 2 N–H and O–H groups in total. The van der Waals surface area contributed by atoms with Crippen molar-refractivity contribution in [2.45, 2.75) is 4.90 Å². The maximum Gasteiger partial charge on any atom is 0.0595 e. The fourth-order valence-corrected chi connectivity index (χ4v) is 2.75. The highest BCUT2D eigenvalue weighted by atomic mass is 35.5. The first-order valence-electron chi connectivity index (χ1n) is 4.59. The molecule has 0 radical (unpaired) electrons. The minimum atomic E-state index is -1.08. The van der Waals surface area contributed by atoms with Crippen LogP contribution in [0.5, 0.6) is 0 Å². The highest BCUT2D eigenvalue weighted by Crippen LogP contribution is 2.22. The summed E-state index contributed by atoms with van der Waals surface area (Å²) in [6.45, 7) is 0.762. The molecule has 0 aliphatic carbocycles. The molecule has 0 aliphatic rings. The highest BCUT2D eigenvalue weighted by molar-refractivity contribution is 7.85. The summed E-state index contributed by atoms with van der Waals surface area (Å²) in [5.74, 6) is 0.566. The molecule has 84 valence electrons. The Bertz CT molecular complexity index is 368. The van der Waals surface area contributed by atoms with Crippen LogP contribution in [0, 0.1) is 0 Å². The van der Waals surface area contributed by atoms with E-state index < -0.39 is 10.8 Å². The standard InChI is InChI=1S/C10H15ClN2OS/c1-13(2)5-6-15(14)10-7-8(12)3-4-9(10)11/h3-4,7H,5-6,12H2,1-2H3. The largest absolute Gasteiger partial charge is 0.399 e. The molecule has 1 atom stereocenters.